The summed E-state index contributed by atoms with van der Waals surface area (Å²) in [5.41, 5.74) is -0.421. The summed E-state index contributed by atoms with van der Waals surface area (Å²) in [6.07, 6.45) is 9.46. The molecule has 1 aromatic rings. The lowest BCUT2D eigenvalue weighted by atomic mass is 9.73. The van der Waals surface area contributed by atoms with E-state index < -0.39 is 5.41 Å². The van der Waals surface area contributed by atoms with E-state index in [4.69, 9.17) is 0 Å². The number of carbonyl (C=O) groups excluding carboxylic acids is 2. The zero-order valence-corrected chi connectivity index (χ0v) is 14.4. The van der Waals surface area contributed by atoms with Gasteiger partial charge in [0.1, 0.15) is 10.4 Å². The summed E-state index contributed by atoms with van der Waals surface area (Å²) in [4.78, 5) is 30.8. The molecule has 2 heterocycles. The van der Waals surface area contributed by atoms with Crippen LogP contribution in [0.3, 0.4) is 0 Å². The van der Waals surface area contributed by atoms with Gasteiger partial charge in [-0.1, -0.05) is 19.3 Å². The Morgan fingerprint density at radius 2 is 2.13 bits per heavy atom. The minimum Gasteiger partial charge on any atom is -0.355 e. The van der Waals surface area contributed by atoms with Crippen molar-refractivity contribution < 1.29 is 9.59 Å². The largest absolute Gasteiger partial charge is 0.355 e. The number of thiazole rings is 1. The van der Waals surface area contributed by atoms with Gasteiger partial charge in [0.2, 0.25) is 11.8 Å². The molecule has 126 valence electrons. The normalized spacial score (nSPS) is 20.7. The summed E-state index contributed by atoms with van der Waals surface area (Å²) in [7, 11) is 0. The SMILES string of the molecule is O=C1CCCN1CCCNC(=O)C1(c2nccs2)CCCCC1. The third kappa shape index (κ3) is 3.57. The molecule has 0 spiro atoms. The van der Waals surface area contributed by atoms with E-state index in [2.05, 4.69) is 10.3 Å². The second-order valence-electron chi connectivity index (χ2n) is 6.57. The van der Waals surface area contributed by atoms with Crippen LogP contribution in [0.15, 0.2) is 11.6 Å². The second kappa shape index (κ2) is 7.43. The van der Waals surface area contributed by atoms with Crippen LogP contribution in [0.4, 0.5) is 0 Å². The Labute approximate surface area is 141 Å². The molecule has 0 atom stereocenters. The van der Waals surface area contributed by atoms with Crippen molar-refractivity contribution in [3.05, 3.63) is 16.6 Å². The van der Waals surface area contributed by atoms with E-state index in [0.29, 0.717) is 13.0 Å². The van der Waals surface area contributed by atoms with Gasteiger partial charge in [0.15, 0.2) is 0 Å². The molecule has 3 rings (SSSR count). The standard InChI is InChI=1S/C17H25N3O2S/c21-14-6-4-11-20(14)12-5-9-18-15(22)17(7-2-1-3-8-17)16-19-10-13-23-16/h10,13H,1-9,11-12H2,(H,18,22). The molecular weight excluding hydrogens is 310 g/mol. The van der Waals surface area contributed by atoms with Crippen LogP contribution in [-0.2, 0) is 15.0 Å². The van der Waals surface area contributed by atoms with Gasteiger partial charge in [-0.05, 0) is 25.7 Å². The molecule has 6 heteroatoms. The van der Waals surface area contributed by atoms with E-state index in [-0.39, 0.29) is 11.8 Å². The van der Waals surface area contributed by atoms with Gasteiger partial charge < -0.3 is 10.2 Å². The number of nitrogens with zero attached hydrogens (tertiary/aromatic N) is 2. The predicted molar refractivity (Wildman–Crippen MR) is 90.3 cm³/mol. The highest BCUT2D eigenvalue weighted by Gasteiger charge is 2.43. The number of rotatable bonds is 6. The Hall–Kier alpha value is -1.43. The van der Waals surface area contributed by atoms with Crippen molar-refractivity contribution in [3.63, 3.8) is 0 Å². The highest BCUT2D eigenvalue weighted by atomic mass is 32.1. The molecule has 0 radical (unpaired) electrons. The van der Waals surface area contributed by atoms with Gasteiger partial charge in [-0.2, -0.15) is 0 Å². The topological polar surface area (TPSA) is 62.3 Å². The van der Waals surface area contributed by atoms with Crippen molar-refractivity contribution in [1.82, 2.24) is 15.2 Å². The van der Waals surface area contributed by atoms with E-state index in [1.165, 1.54) is 6.42 Å². The molecule has 1 aromatic heterocycles. The van der Waals surface area contributed by atoms with Crippen LogP contribution in [0.25, 0.3) is 0 Å². The summed E-state index contributed by atoms with van der Waals surface area (Å²) in [5.74, 6) is 0.378. The van der Waals surface area contributed by atoms with Crippen LogP contribution in [-0.4, -0.2) is 41.3 Å². The highest BCUT2D eigenvalue weighted by molar-refractivity contribution is 7.09. The maximum atomic E-state index is 12.9. The van der Waals surface area contributed by atoms with Crippen LogP contribution in [0.5, 0.6) is 0 Å². The van der Waals surface area contributed by atoms with Crippen molar-refractivity contribution in [1.29, 1.82) is 0 Å². The van der Waals surface area contributed by atoms with Crippen molar-refractivity contribution >= 4 is 23.2 Å². The Bertz CT molecular complexity index is 538. The van der Waals surface area contributed by atoms with Crippen LogP contribution in [0.2, 0.25) is 0 Å². The van der Waals surface area contributed by atoms with Crippen LogP contribution in [0.1, 0.15) is 56.4 Å². The molecule has 0 unspecified atom stereocenters. The molecular formula is C17H25N3O2S. The van der Waals surface area contributed by atoms with Gasteiger partial charge in [0.05, 0.1) is 0 Å². The Kier molecular flexibility index (Phi) is 5.30. The lowest BCUT2D eigenvalue weighted by Crippen LogP contribution is -2.46. The minimum absolute atomic E-state index is 0.125. The highest BCUT2D eigenvalue weighted by Crippen LogP contribution is 2.40. The average Bonchev–Trinajstić information content (AvgIpc) is 3.24. The van der Waals surface area contributed by atoms with Gasteiger partial charge >= 0.3 is 0 Å². The molecule has 5 nitrogen and oxygen atoms in total. The fourth-order valence-corrected chi connectivity index (χ4v) is 4.63. The fourth-order valence-electron chi connectivity index (χ4n) is 3.73. The Morgan fingerprint density at radius 1 is 1.30 bits per heavy atom. The molecule has 1 saturated carbocycles. The van der Waals surface area contributed by atoms with Crippen molar-refractivity contribution in [3.8, 4) is 0 Å². The van der Waals surface area contributed by atoms with E-state index in [1.54, 1.807) is 17.5 Å². The van der Waals surface area contributed by atoms with Crippen molar-refractivity contribution in [2.75, 3.05) is 19.6 Å². The van der Waals surface area contributed by atoms with Gasteiger partial charge in [0.25, 0.3) is 0 Å². The number of likely N-dealkylation sites (tertiary alicyclic amines) is 1. The van der Waals surface area contributed by atoms with Crippen LogP contribution in [0, 0.1) is 0 Å². The molecule has 0 bridgehead atoms. The van der Waals surface area contributed by atoms with Gasteiger partial charge in [0, 0.05) is 37.6 Å². The first kappa shape index (κ1) is 16.4. The molecule has 0 aromatic carbocycles. The van der Waals surface area contributed by atoms with E-state index in [9.17, 15) is 9.59 Å². The lowest BCUT2D eigenvalue weighted by molar-refractivity contribution is -0.128. The third-order valence-electron chi connectivity index (χ3n) is 5.05. The number of nitrogens with one attached hydrogen (secondary N) is 1. The number of aromatic nitrogens is 1. The molecule has 1 aliphatic carbocycles. The van der Waals surface area contributed by atoms with Crippen molar-refractivity contribution in [2.24, 2.45) is 0 Å². The smallest absolute Gasteiger partial charge is 0.233 e. The predicted octanol–water partition coefficient (Wildman–Crippen LogP) is 2.47. The molecule has 1 N–H and O–H groups in total. The first-order valence-electron chi connectivity index (χ1n) is 8.68. The molecule has 1 aliphatic heterocycles. The molecule has 1 saturated heterocycles. The summed E-state index contributed by atoms with van der Waals surface area (Å²) in [5, 5.41) is 6.03. The second-order valence-corrected chi connectivity index (χ2v) is 7.47. The zero-order valence-electron chi connectivity index (χ0n) is 13.6. The number of hydrogen-bond donors (Lipinski definition) is 1. The number of amides is 2. The summed E-state index contributed by atoms with van der Waals surface area (Å²) < 4.78 is 0. The van der Waals surface area contributed by atoms with E-state index >= 15 is 0 Å². The Balaban J connectivity index is 1.53. The monoisotopic (exact) mass is 335 g/mol. The molecule has 2 amide bonds. The van der Waals surface area contributed by atoms with Gasteiger partial charge in [-0.15, -0.1) is 11.3 Å². The lowest BCUT2D eigenvalue weighted by Gasteiger charge is -2.34. The fraction of sp³-hybridized carbons (Fsp3) is 0.706. The molecule has 2 aliphatic rings. The first-order chi connectivity index (χ1) is 11.2. The van der Waals surface area contributed by atoms with Gasteiger partial charge in [-0.3, -0.25) is 9.59 Å². The summed E-state index contributed by atoms with van der Waals surface area (Å²) in [6.45, 7) is 2.26. The van der Waals surface area contributed by atoms with Gasteiger partial charge in [-0.25, -0.2) is 4.98 Å². The average molecular weight is 335 g/mol. The third-order valence-corrected chi connectivity index (χ3v) is 6.02. The van der Waals surface area contributed by atoms with Crippen LogP contribution >= 0.6 is 11.3 Å². The Morgan fingerprint density at radius 3 is 2.78 bits per heavy atom. The first-order valence-corrected chi connectivity index (χ1v) is 9.56. The molecule has 2 fully saturated rings. The molecule has 23 heavy (non-hydrogen) atoms. The summed E-state index contributed by atoms with van der Waals surface area (Å²) >= 11 is 1.59. The maximum Gasteiger partial charge on any atom is 0.233 e. The quantitative estimate of drug-likeness (QED) is 0.812. The zero-order chi connectivity index (χ0) is 16.1. The van der Waals surface area contributed by atoms with Crippen LogP contribution < -0.4 is 5.32 Å². The van der Waals surface area contributed by atoms with Crippen molar-refractivity contribution in [2.45, 2.75) is 56.8 Å². The maximum absolute atomic E-state index is 12.9. The van der Waals surface area contributed by atoms with E-state index in [1.807, 2.05) is 10.3 Å². The number of carbonyl (C=O) groups is 2. The van der Waals surface area contributed by atoms with E-state index in [0.717, 1.165) is 56.6 Å². The minimum atomic E-state index is -0.421. The number of hydrogen-bond acceptors (Lipinski definition) is 4. The summed E-state index contributed by atoms with van der Waals surface area (Å²) in [6, 6.07) is 0.